The van der Waals surface area contributed by atoms with Crippen molar-refractivity contribution < 1.29 is 19.5 Å². The van der Waals surface area contributed by atoms with Gasteiger partial charge in [-0.3, -0.25) is 14.4 Å². The standard InChI is InChI=1S/C22H26N2O4/c25-16-19(26)14-8-3-9-15-20(22(28)23-18-12-6-2-7-13-18)24-21(27)17-10-4-1-5-11-17/h1-2,4-7,10-13,20,25H,3,8-9,14-16H2,(H,23,28)(H,24,27)/t20-/m0/s1. The molecule has 1 atom stereocenters. The first-order valence-corrected chi connectivity index (χ1v) is 9.44. The van der Waals surface area contributed by atoms with Crippen molar-refractivity contribution in [3.05, 3.63) is 66.2 Å². The van der Waals surface area contributed by atoms with Crippen molar-refractivity contribution in [1.82, 2.24) is 5.32 Å². The highest BCUT2D eigenvalue weighted by Gasteiger charge is 2.21. The normalized spacial score (nSPS) is 11.5. The lowest BCUT2D eigenvalue weighted by molar-refractivity contribution is -0.122. The van der Waals surface area contributed by atoms with Crippen LogP contribution in [-0.4, -0.2) is 35.4 Å². The quantitative estimate of drug-likeness (QED) is 0.521. The number of carbonyl (C=O) groups excluding carboxylic acids is 3. The van der Waals surface area contributed by atoms with Gasteiger partial charge in [0.05, 0.1) is 0 Å². The van der Waals surface area contributed by atoms with Gasteiger partial charge in [-0.25, -0.2) is 0 Å². The Morgan fingerprint density at radius 2 is 1.50 bits per heavy atom. The third-order valence-corrected chi connectivity index (χ3v) is 4.32. The highest BCUT2D eigenvalue weighted by molar-refractivity contribution is 6.01. The van der Waals surface area contributed by atoms with E-state index in [0.717, 1.165) is 6.42 Å². The number of hydrogen-bond acceptors (Lipinski definition) is 4. The van der Waals surface area contributed by atoms with E-state index in [9.17, 15) is 14.4 Å². The molecule has 28 heavy (non-hydrogen) atoms. The number of rotatable bonds is 11. The molecule has 2 amide bonds. The van der Waals surface area contributed by atoms with Gasteiger partial charge in [-0.05, 0) is 37.1 Å². The molecule has 6 nitrogen and oxygen atoms in total. The minimum Gasteiger partial charge on any atom is -0.389 e. The van der Waals surface area contributed by atoms with Crippen LogP contribution in [0.15, 0.2) is 60.7 Å². The zero-order valence-electron chi connectivity index (χ0n) is 15.8. The average molecular weight is 382 g/mol. The highest BCUT2D eigenvalue weighted by Crippen LogP contribution is 2.11. The molecule has 2 aromatic rings. The molecule has 0 unspecified atom stereocenters. The van der Waals surface area contributed by atoms with Gasteiger partial charge >= 0.3 is 0 Å². The Labute approximate surface area is 165 Å². The Hall–Kier alpha value is -2.99. The summed E-state index contributed by atoms with van der Waals surface area (Å²) in [6.45, 7) is -0.435. The lowest BCUT2D eigenvalue weighted by Gasteiger charge is -2.18. The van der Waals surface area contributed by atoms with Crippen LogP contribution in [0.2, 0.25) is 0 Å². The number of carbonyl (C=O) groups is 3. The lowest BCUT2D eigenvalue weighted by atomic mass is 10.0. The molecule has 0 heterocycles. The van der Waals surface area contributed by atoms with Crippen LogP contribution in [0.4, 0.5) is 5.69 Å². The number of aliphatic hydroxyl groups excluding tert-OH is 1. The molecule has 0 saturated heterocycles. The van der Waals surface area contributed by atoms with Gasteiger partial charge in [0, 0.05) is 17.7 Å². The number of para-hydroxylation sites is 1. The van der Waals surface area contributed by atoms with Gasteiger partial charge in [-0.1, -0.05) is 49.2 Å². The summed E-state index contributed by atoms with van der Waals surface area (Å²) in [6, 6.07) is 17.2. The number of ketones is 1. The molecular formula is C22H26N2O4. The molecule has 148 valence electrons. The molecule has 2 aromatic carbocycles. The number of nitrogens with one attached hydrogen (secondary N) is 2. The number of unbranched alkanes of at least 4 members (excludes halogenated alkanes) is 2. The third kappa shape index (κ3) is 7.32. The minimum absolute atomic E-state index is 0.184. The van der Waals surface area contributed by atoms with Gasteiger partial charge < -0.3 is 15.7 Å². The van der Waals surface area contributed by atoms with Crippen LogP contribution in [0, 0.1) is 0 Å². The van der Waals surface area contributed by atoms with Crippen LogP contribution >= 0.6 is 0 Å². The molecule has 2 rings (SSSR count). The van der Waals surface area contributed by atoms with Gasteiger partial charge in [0.15, 0.2) is 5.78 Å². The first-order chi connectivity index (χ1) is 13.6. The molecule has 0 bridgehead atoms. The van der Waals surface area contributed by atoms with Crippen LogP contribution < -0.4 is 10.6 Å². The van der Waals surface area contributed by atoms with Gasteiger partial charge in [-0.15, -0.1) is 0 Å². The van der Waals surface area contributed by atoms with Crippen LogP contribution in [0.3, 0.4) is 0 Å². The Morgan fingerprint density at radius 1 is 0.857 bits per heavy atom. The first-order valence-electron chi connectivity index (χ1n) is 9.44. The van der Waals surface area contributed by atoms with E-state index in [-0.39, 0.29) is 17.6 Å². The fraction of sp³-hybridized carbons (Fsp3) is 0.318. The molecule has 0 fully saturated rings. The lowest BCUT2D eigenvalue weighted by Crippen LogP contribution is -2.43. The summed E-state index contributed by atoms with van der Waals surface area (Å²) < 4.78 is 0. The SMILES string of the molecule is O=C(CO)CCCCC[C@H](NC(=O)c1ccccc1)C(=O)Nc1ccccc1. The van der Waals surface area contributed by atoms with E-state index in [2.05, 4.69) is 10.6 Å². The Morgan fingerprint density at radius 3 is 2.14 bits per heavy atom. The topological polar surface area (TPSA) is 95.5 Å². The van der Waals surface area contributed by atoms with E-state index in [1.807, 2.05) is 24.3 Å². The highest BCUT2D eigenvalue weighted by atomic mass is 16.3. The Kier molecular flexibility index (Phi) is 8.88. The van der Waals surface area contributed by atoms with Crippen molar-refractivity contribution in [2.45, 2.75) is 38.1 Å². The van der Waals surface area contributed by atoms with Crippen LogP contribution in [0.1, 0.15) is 42.5 Å². The molecular weight excluding hydrogens is 356 g/mol. The van der Waals surface area contributed by atoms with E-state index in [1.165, 1.54) is 0 Å². The van der Waals surface area contributed by atoms with Crippen LogP contribution in [0.25, 0.3) is 0 Å². The molecule has 0 radical (unpaired) electrons. The smallest absolute Gasteiger partial charge is 0.251 e. The van der Waals surface area contributed by atoms with E-state index in [1.54, 1.807) is 36.4 Å². The summed E-state index contributed by atoms with van der Waals surface area (Å²) in [5, 5.41) is 14.4. The third-order valence-electron chi connectivity index (χ3n) is 4.32. The molecule has 6 heteroatoms. The predicted octanol–water partition coefficient (Wildman–Crippen LogP) is 2.94. The van der Waals surface area contributed by atoms with Gasteiger partial charge in [0.1, 0.15) is 12.6 Å². The second kappa shape index (κ2) is 11.7. The molecule has 0 aliphatic carbocycles. The number of hydrogen-bond donors (Lipinski definition) is 3. The van der Waals surface area contributed by atoms with Crippen molar-refractivity contribution in [3.8, 4) is 0 Å². The fourth-order valence-electron chi connectivity index (χ4n) is 2.78. The maximum absolute atomic E-state index is 12.7. The van der Waals surface area contributed by atoms with E-state index in [0.29, 0.717) is 36.9 Å². The van der Waals surface area contributed by atoms with Crippen molar-refractivity contribution in [2.24, 2.45) is 0 Å². The number of benzene rings is 2. The Bertz CT molecular complexity index is 763. The van der Waals surface area contributed by atoms with E-state index < -0.39 is 12.6 Å². The molecule has 0 saturated carbocycles. The van der Waals surface area contributed by atoms with Crippen molar-refractivity contribution in [1.29, 1.82) is 0 Å². The molecule has 0 spiro atoms. The molecule has 0 aromatic heterocycles. The summed E-state index contributed by atoms with van der Waals surface area (Å²) in [5.41, 5.74) is 1.16. The van der Waals surface area contributed by atoms with Crippen molar-refractivity contribution in [3.63, 3.8) is 0 Å². The van der Waals surface area contributed by atoms with E-state index >= 15 is 0 Å². The zero-order valence-corrected chi connectivity index (χ0v) is 15.8. The monoisotopic (exact) mass is 382 g/mol. The maximum atomic E-state index is 12.7. The van der Waals surface area contributed by atoms with Crippen molar-refractivity contribution >= 4 is 23.3 Å². The number of Topliss-reactive ketones (excluding diaryl/α,β-unsaturated/α-hetero) is 1. The summed E-state index contributed by atoms with van der Waals surface area (Å²) in [7, 11) is 0. The maximum Gasteiger partial charge on any atom is 0.251 e. The Balaban J connectivity index is 1.95. The number of aliphatic hydroxyl groups is 1. The van der Waals surface area contributed by atoms with Gasteiger partial charge in [-0.2, -0.15) is 0 Å². The number of amides is 2. The van der Waals surface area contributed by atoms with Crippen molar-refractivity contribution in [2.75, 3.05) is 11.9 Å². The summed E-state index contributed by atoms with van der Waals surface area (Å²) in [5.74, 6) is -0.762. The second-order valence-corrected chi connectivity index (χ2v) is 6.54. The van der Waals surface area contributed by atoms with Crippen LogP contribution in [-0.2, 0) is 9.59 Å². The van der Waals surface area contributed by atoms with Crippen LogP contribution in [0.5, 0.6) is 0 Å². The average Bonchev–Trinajstić information content (AvgIpc) is 2.73. The molecule has 0 aliphatic heterocycles. The fourth-order valence-corrected chi connectivity index (χ4v) is 2.78. The molecule has 0 aliphatic rings. The molecule has 3 N–H and O–H groups in total. The minimum atomic E-state index is -0.679. The summed E-state index contributed by atoms with van der Waals surface area (Å²) in [4.78, 5) is 36.3. The second-order valence-electron chi connectivity index (χ2n) is 6.54. The number of anilines is 1. The zero-order chi connectivity index (χ0) is 20.2. The van der Waals surface area contributed by atoms with E-state index in [4.69, 9.17) is 5.11 Å². The first kappa shape index (κ1) is 21.3. The summed E-state index contributed by atoms with van der Waals surface area (Å²) in [6.07, 6.45) is 2.86. The van der Waals surface area contributed by atoms with Gasteiger partial charge in [0.2, 0.25) is 5.91 Å². The van der Waals surface area contributed by atoms with Gasteiger partial charge in [0.25, 0.3) is 5.91 Å². The largest absolute Gasteiger partial charge is 0.389 e. The predicted molar refractivity (Wildman–Crippen MR) is 108 cm³/mol. The summed E-state index contributed by atoms with van der Waals surface area (Å²) >= 11 is 0.